The van der Waals surface area contributed by atoms with Crippen LogP contribution in [0, 0.1) is 0 Å². The van der Waals surface area contributed by atoms with E-state index in [0.29, 0.717) is 32.7 Å². The van der Waals surface area contributed by atoms with E-state index in [-0.39, 0.29) is 29.3 Å². The number of fused-ring (bicyclic) bond motifs is 1. The van der Waals surface area contributed by atoms with E-state index in [4.69, 9.17) is 9.15 Å². The van der Waals surface area contributed by atoms with Crippen LogP contribution in [0.5, 0.6) is 0 Å². The number of aromatic nitrogens is 2. The van der Waals surface area contributed by atoms with Gasteiger partial charge in [0.2, 0.25) is 11.0 Å². The topological polar surface area (TPSA) is 106 Å². The Labute approximate surface area is 175 Å². The van der Waals surface area contributed by atoms with Crippen LogP contribution in [0.25, 0.3) is 11.0 Å². The Balaban J connectivity index is 1.34. The highest BCUT2D eigenvalue weighted by atomic mass is 32.2. The van der Waals surface area contributed by atoms with Gasteiger partial charge in [-0.05, 0) is 25.0 Å². The number of ketones is 1. The third kappa shape index (κ3) is 4.77. The van der Waals surface area contributed by atoms with Crippen LogP contribution in [0.3, 0.4) is 0 Å². The molecule has 1 fully saturated rings. The summed E-state index contributed by atoms with van der Waals surface area (Å²) >= 11 is 2.69. The first-order chi connectivity index (χ1) is 14.1. The molecule has 0 radical (unpaired) electrons. The Morgan fingerprint density at radius 2 is 2.17 bits per heavy atom. The molecule has 2 aromatic heterocycles. The minimum Gasteiger partial charge on any atom is -0.451 e. The minimum absolute atomic E-state index is 0.150. The van der Waals surface area contributed by atoms with Gasteiger partial charge in [0.25, 0.3) is 0 Å². The summed E-state index contributed by atoms with van der Waals surface area (Å²) in [6, 6.07) is 7.22. The molecule has 0 unspecified atom stereocenters. The fraction of sp³-hybridized carbons (Fsp3) is 0.368. The molecule has 1 atom stereocenters. The summed E-state index contributed by atoms with van der Waals surface area (Å²) in [4.78, 5) is 24.3. The second-order valence-corrected chi connectivity index (χ2v) is 8.78. The van der Waals surface area contributed by atoms with Crippen molar-refractivity contribution in [2.45, 2.75) is 30.2 Å². The first-order valence-electron chi connectivity index (χ1n) is 9.24. The van der Waals surface area contributed by atoms with Crippen molar-refractivity contribution in [3.63, 3.8) is 0 Å². The molecule has 29 heavy (non-hydrogen) atoms. The number of carbonyl (C=O) groups excluding carboxylic acids is 2. The molecule has 1 saturated heterocycles. The van der Waals surface area contributed by atoms with E-state index in [1.807, 2.05) is 18.2 Å². The van der Waals surface area contributed by atoms with Gasteiger partial charge in [-0.1, -0.05) is 35.2 Å². The van der Waals surface area contributed by atoms with Gasteiger partial charge in [-0.15, -0.1) is 10.2 Å². The summed E-state index contributed by atoms with van der Waals surface area (Å²) in [5.74, 6) is -0.179. The zero-order chi connectivity index (χ0) is 20.2. The number of furan rings is 1. The molecule has 1 aromatic carbocycles. The molecule has 0 bridgehead atoms. The predicted octanol–water partition coefficient (Wildman–Crippen LogP) is 3.81. The second-order valence-electron chi connectivity index (χ2n) is 6.58. The normalized spacial score (nSPS) is 16.2. The monoisotopic (exact) mass is 432 g/mol. The number of rotatable bonds is 8. The molecule has 8 nitrogen and oxygen atoms in total. The molecular weight excluding hydrogens is 412 g/mol. The molecule has 0 aliphatic carbocycles. The van der Waals surface area contributed by atoms with E-state index >= 15 is 0 Å². The number of thioether (sulfide) groups is 1. The zero-order valence-corrected chi connectivity index (χ0v) is 17.4. The Bertz CT molecular complexity index is 1030. The quantitative estimate of drug-likeness (QED) is 0.409. The number of Topliss-reactive ketones (excluding diaryl/α,β-unsaturated/α-hetero) is 1. The van der Waals surface area contributed by atoms with Crippen LogP contribution < -0.4 is 10.6 Å². The van der Waals surface area contributed by atoms with Crippen molar-refractivity contribution in [3.05, 3.63) is 30.0 Å². The number of nitrogens with zero attached hydrogens (tertiary/aromatic N) is 2. The molecule has 4 rings (SSSR count). The Morgan fingerprint density at radius 1 is 1.31 bits per heavy atom. The lowest BCUT2D eigenvalue weighted by Crippen LogP contribution is -2.18. The summed E-state index contributed by atoms with van der Waals surface area (Å²) in [5, 5.41) is 15.6. The summed E-state index contributed by atoms with van der Waals surface area (Å²) in [5.41, 5.74) is 0.974. The molecule has 1 aliphatic rings. The lowest BCUT2D eigenvalue weighted by molar-refractivity contribution is -0.113. The molecule has 3 heterocycles. The van der Waals surface area contributed by atoms with Crippen LogP contribution >= 0.6 is 23.1 Å². The van der Waals surface area contributed by atoms with Crippen LogP contribution in [0.15, 0.2) is 33.0 Å². The van der Waals surface area contributed by atoms with Gasteiger partial charge in [-0.25, -0.2) is 0 Å². The predicted molar refractivity (Wildman–Crippen MR) is 113 cm³/mol. The standard InChI is InChI=1S/C19H20N4O4S2/c1-11(24)17-16(13-6-2-3-7-14(13)27-17)21-15(25)10-28-19-23-22-18(29-19)20-9-12-5-4-8-26-12/h2-3,6-7,12H,4-5,8-10H2,1H3,(H,20,22)(H,21,25)/t12-/m0/s1. The molecule has 0 saturated carbocycles. The largest absolute Gasteiger partial charge is 0.451 e. The Kier molecular flexibility index (Phi) is 6.12. The van der Waals surface area contributed by atoms with E-state index in [2.05, 4.69) is 20.8 Å². The molecule has 10 heteroatoms. The van der Waals surface area contributed by atoms with E-state index in [0.717, 1.165) is 19.4 Å². The fourth-order valence-electron chi connectivity index (χ4n) is 3.07. The molecule has 3 aromatic rings. The minimum atomic E-state index is -0.242. The number of amides is 1. The second kappa shape index (κ2) is 8.93. The van der Waals surface area contributed by atoms with Crippen molar-refractivity contribution in [1.29, 1.82) is 0 Å². The van der Waals surface area contributed by atoms with Gasteiger partial charge >= 0.3 is 0 Å². The third-order valence-electron chi connectivity index (χ3n) is 4.42. The molecule has 152 valence electrons. The van der Waals surface area contributed by atoms with Crippen LogP contribution in [0.2, 0.25) is 0 Å². The van der Waals surface area contributed by atoms with Crippen LogP contribution in [-0.4, -0.2) is 46.9 Å². The molecule has 1 amide bonds. The summed E-state index contributed by atoms with van der Waals surface area (Å²) < 4.78 is 11.9. The first-order valence-corrected chi connectivity index (χ1v) is 11.0. The lowest BCUT2D eigenvalue weighted by Gasteiger charge is -2.08. The highest BCUT2D eigenvalue weighted by molar-refractivity contribution is 8.01. The number of nitrogens with one attached hydrogen (secondary N) is 2. The average molecular weight is 433 g/mol. The number of hydrogen-bond acceptors (Lipinski definition) is 9. The van der Waals surface area contributed by atoms with Gasteiger partial charge in [0.15, 0.2) is 15.9 Å². The average Bonchev–Trinajstić information content (AvgIpc) is 3.45. The fourth-order valence-corrected chi connectivity index (χ4v) is 4.63. The number of para-hydroxylation sites is 1. The molecule has 2 N–H and O–H groups in total. The lowest BCUT2D eigenvalue weighted by atomic mass is 10.2. The highest BCUT2D eigenvalue weighted by Crippen LogP contribution is 2.32. The number of hydrogen-bond donors (Lipinski definition) is 2. The Morgan fingerprint density at radius 3 is 2.97 bits per heavy atom. The third-order valence-corrected chi connectivity index (χ3v) is 6.43. The van der Waals surface area contributed by atoms with E-state index in [1.54, 1.807) is 6.07 Å². The van der Waals surface area contributed by atoms with E-state index in [9.17, 15) is 9.59 Å². The number of benzene rings is 1. The van der Waals surface area contributed by atoms with Crippen molar-refractivity contribution in [1.82, 2.24) is 10.2 Å². The van der Waals surface area contributed by atoms with Crippen molar-refractivity contribution in [2.24, 2.45) is 0 Å². The van der Waals surface area contributed by atoms with Crippen LogP contribution in [0.1, 0.15) is 30.3 Å². The maximum absolute atomic E-state index is 12.4. The molecule has 0 spiro atoms. The van der Waals surface area contributed by atoms with Crippen molar-refractivity contribution >= 4 is 56.6 Å². The SMILES string of the molecule is CC(=O)c1oc2ccccc2c1NC(=O)CSc1nnc(NC[C@@H]2CCCO2)s1. The summed E-state index contributed by atoms with van der Waals surface area (Å²) in [6.07, 6.45) is 2.37. The van der Waals surface area contributed by atoms with Crippen LogP contribution in [0.4, 0.5) is 10.8 Å². The van der Waals surface area contributed by atoms with E-state index < -0.39 is 0 Å². The van der Waals surface area contributed by atoms with Gasteiger partial charge in [0, 0.05) is 25.5 Å². The van der Waals surface area contributed by atoms with Crippen molar-refractivity contribution < 1.29 is 18.7 Å². The molecule has 1 aliphatic heterocycles. The smallest absolute Gasteiger partial charge is 0.234 e. The number of ether oxygens (including phenoxy) is 1. The number of anilines is 2. The van der Waals surface area contributed by atoms with Gasteiger partial charge in [0.1, 0.15) is 5.58 Å². The first kappa shape index (κ1) is 19.9. The van der Waals surface area contributed by atoms with Crippen LogP contribution in [-0.2, 0) is 9.53 Å². The zero-order valence-electron chi connectivity index (χ0n) is 15.8. The summed E-state index contributed by atoms with van der Waals surface area (Å²) in [7, 11) is 0. The molecular formula is C19H20N4O4S2. The maximum Gasteiger partial charge on any atom is 0.234 e. The van der Waals surface area contributed by atoms with Gasteiger partial charge < -0.3 is 19.8 Å². The van der Waals surface area contributed by atoms with Crippen molar-refractivity contribution in [2.75, 3.05) is 29.5 Å². The highest BCUT2D eigenvalue weighted by Gasteiger charge is 2.20. The van der Waals surface area contributed by atoms with Gasteiger partial charge in [-0.3, -0.25) is 9.59 Å². The van der Waals surface area contributed by atoms with Crippen molar-refractivity contribution in [3.8, 4) is 0 Å². The van der Waals surface area contributed by atoms with E-state index in [1.165, 1.54) is 30.0 Å². The summed E-state index contributed by atoms with van der Waals surface area (Å²) in [6.45, 7) is 2.94. The maximum atomic E-state index is 12.4. The Hall–Kier alpha value is -2.43. The number of carbonyl (C=O) groups is 2. The van der Waals surface area contributed by atoms with Gasteiger partial charge in [-0.2, -0.15) is 0 Å². The van der Waals surface area contributed by atoms with Gasteiger partial charge in [0.05, 0.1) is 17.5 Å².